The first-order chi connectivity index (χ1) is 15.5. The first-order valence-corrected chi connectivity index (χ1v) is 10.7. The molecular formula is C24H26FN7. The molecule has 1 aliphatic heterocycles. The van der Waals surface area contributed by atoms with Gasteiger partial charge in [0.25, 0.3) is 0 Å². The van der Waals surface area contributed by atoms with Crippen molar-refractivity contribution < 1.29 is 4.39 Å². The Morgan fingerprint density at radius 2 is 1.84 bits per heavy atom. The summed E-state index contributed by atoms with van der Waals surface area (Å²) in [5.41, 5.74) is 4.47. The Labute approximate surface area is 186 Å². The second kappa shape index (κ2) is 8.20. The minimum atomic E-state index is -0.261. The van der Waals surface area contributed by atoms with Crippen LogP contribution in [0.3, 0.4) is 0 Å². The van der Waals surface area contributed by atoms with Crippen molar-refractivity contribution >= 4 is 28.2 Å². The summed E-state index contributed by atoms with van der Waals surface area (Å²) in [6.07, 6.45) is 4.45. The molecule has 0 amide bonds. The lowest BCUT2D eigenvalue weighted by molar-refractivity contribution is 0.315. The summed E-state index contributed by atoms with van der Waals surface area (Å²) in [4.78, 5) is 13.6. The van der Waals surface area contributed by atoms with Gasteiger partial charge in [-0.25, -0.2) is 19.0 Å². The predicted molar refractivity (Wildman–Crippen MR) is 125 cm³/mol. The molecule has 8 heteroatoms. The van der Waals surface area contributed by atoms with Crippen LogP contribution in [0.5, 0.6) is 0 Å². The average Bonchev–Trinajstić information content (AvgIpc) is 3.44. The maximum absolute atomic E-state index is 13.4. The second-order valence-electron chi connectivity index (χ2n) is 8.47. The van der Waals surface area contributed by atoms with Crippen molar-refractivity contribution in [2.45, 2.75) is 19.4 Å². The number of nitrogens with zero attached hydrogens (tertiary/aromatic N) is 6. The molecule has 2 aromatic carbocycles. The van der Waals surface area contributed by atoms with Gasteiger partial charge in [0.05, 0.1) is 17.3 Å². The molecule has 1 saturated heterocycles. The molecule has 164 valence electrons. The van der Waals surface area contributed by atoms with Crippen LogP contribution in [0.2, 0.25) is 0 Å². The van der Waals surface area contributed by atoms with Crippen LogP contribution in [-0.2, 0) is 0 Å². The van der Waals surface area contributed by atoms with Gasteiger partial charge in [0.15, 0.2) is 5.65 Å². The molecule has 0 spiro atoms. The topological polar surface area (TPSA) is 62.1 Å². The molecule has 2 aromatic heterocycles. The first kappa shape index (κ1) is 20.4. The fourth-order valence-electron chi connectivity index (χ4n) is 4.23. The fourth-order valence-corrected chi connectivity index (χ4v) is 4.23. The van der Waals surface area contributed by atoms with E-state index in [1.54, 1.807) is 12.3 Å². The molecule has 4 aromatic rings. The first-order valence-electron chi connectivity index (χ1n) is 10.7. The zero-order valence-electron chi connectivity index (χ0n) is 18.5. The second-order valence-corrected chi connectivity index (χ2v) is 8.47. The van der Waals surface area contributed by atoms with Crippen molar-refractivity contribution in [3.63, 3.8) is 0 Å². The lowest BCUT2D eigenvalue weighted by Crippen LogP contribution is -2.31. The molecular weight excluding hydrogens is 405 g/mol. The minimum absolute atomic E-state index is 0.261. The molecule has 0 bridgehead atoms. The van der Waals surface area contributed by atoms with Crippen LogP contribution in [0.25, 0.3) is 16.7 Å². The molecule has 1 fully saturated rings. The highest BCUT2D eigenvalue weighted by Gasteiger charge is 2.24. The molecule has 0 radical (unpaired) electrons. The number of likely N-dealkylation sites (N-methyl/N-ethyl adjacent to an activating group) is 1. The van der Waals surface area contributed by atoms with Gasteiger partial charge in [0, 0.05) is 30.5 Å². The van der Waals surface area contributed by atoms with Crippen molar-refractivity contribution in [2.75, 3.05) is 37.4 Å². The van der Waals surface area contributed by atoms with Crippen LogP contribution < -0.4 is 10.2 Å². The SMILES string of the molecule is Cc1cc(F)ccc1Nc1ncnc2c1cnn2-c1ccc(N2CCC(N(C)C)C2)cc1. The van der Waals surface area contributed by atoms with Gasteiger partial charge >= 0.3 is 0 Å². The van der Waals surface area contributed by atoms with Gasteiger partial charge < -0.3 is 15.1 Å². The van der Waals surface area contributed by atoms with Crippen molar-refractivity contribution in [2.24, 2.45) is 0 Å². The van der Waals surface area contributed by atoms with E-state index in [-0.39, 0.29) is 5.82 Å². The van der Waals surface area contributed by atoms with E-state index in [4.69, 9.17) is 0 Å². The zero-order chi connectivity index (χ0) is 22.2. The molecule has 1 atom stereocenters. The summed E-state index contributed by atoms with van der Waals surface area (Å²) in [5, 5.41) is 8.65. The molecule has 32 heavy (non-hydrogen) atoms. The van der Waals surface area contributed by atoms with E-state index in [0.29, 0.717) is 17.5 Å². The summed E-state index contributed by atoms with van der Waals surface area (Å²) in [6, 6.07) is 13.7. The standard InChI is InChI=1S/C24H26FN7/c1-16-12-17(25)4-9-22(16)29-23-21-13-28-32(24(21)27-15-26-23)19-7-5-18(6-8-19)31-11-10-20(14-31)30(2)3/h4-9,12-13,15,20H,10-11,14H2,1-3H3,(H,26,27,29). The Hall–Kier alpha value is -3.52. The minimum Gasteiger partial charge on any atom is -0.370 e. The van der Waals surface area contributed by atoms with E-state index >= 15 is 0 Å². The maximum Gasteiger partial charge on any atom is 0.168 e. The number of halogens is 1. The number of rotatable bonds is 5. The van der Waals surface area contributed by atoms with Crippen LogP contribution >= 0.6 is 0 Å². The number of benzene rings is 2. The van der Waals surface area contributed by atoms with Gasteiger partial charge in [-0.2, -0.15) is 5.10 Å². The predicted octanol–water partition coefficient (Wildman–Crippen LogP) is 4.15. The summed E-state index contributed by atoms with van der Waals surface area (Å²) >= 11 is 0. The van der Waals surface area contributed by atoms with Gasteiger partial charge in [-0.3, -0.25) is 0 Å². The molecule has 5 rings (SSSR count). The van der Waals surface area contributed by atoms with Crippen molar-refractivity contribution in [1.29, 1.82) is 0 Å². The summed E-state index contributed by atoms with van der Waals surface area (Å²) in [5.74, 6) is 0.377. The van der Waals surface area contributed by atoms with E-state index in [9.17, 15) is 4.39 Å². The molecule has 1 unspecified atom stereocenters. The third-order valence-corrected chi connectivity index (χ3v) is 6.16. The number of aryl methyl sites for hydroxylation is 1. The largest absolute Gasteiger partial charge is 0.370 e. The number of anilines is 3. The van der Waals surface area contributed by atoms with E-state index in [2.05, 4.69) is 68.5 Å². The van der Waals surface area contributed by atoms with Crippen LogP contribution in [0.4, 0.5) is 21.6 Å². The summed E-state index contributed by atoms with van der Waals surface area (Å²) in [6.45, 7) is 3.97. The van der Waals surface area contributed by atoms with E-state index in [1.807, 2.05) is 11.6 Å². The highest BCUT2D eigenvalue weighted by molar-refractivity contribution is 5.89. The van der Waals surface area contributed by atoms with Gasteiger partial charge in [-0.15, -0.1) is 0 Å². The molecule has 1 N–H and O–H groups in total. The van der Waals surface area contributed by atoms with E-state index in [1.165, 1.54) is 30.6 Å². The van der Waals surface area contributed by atoms with Gasteiger partial charge in [0.1, 0.15) is 18.0 Å². The number of nitrogens with one attached hydrogen (secondary N) is 1. The molecule has 7 nitrogen and oxygen atoms in total. The Bertz CT molecular complexity index is 1250. The summed E-state index contributed by atoms with van der Waals surface area (Å²) < 4.78 is 15.3. The van der Waals surface area contributed by atoms with Gasteiger partial charge in [-0.05, 0) is 75.5 Å². The fraction of sp³-hybridized carbons (Fsp3) is 0.292. The number of fused-ring (bicyclic) bond motifs is 1. The number of hydrogen-bond donors (Lipinski definition) is 1. The maximum atomic E-state index is 13.4. The van der Waals surface area contributed by atoms with Crippen molar-refractivity contribution in [1.82, 2.24) is 24.6 Å². The average molecular weight is 432 g/mol. The van der Waals surface area contributed by atoms with Crippen molar-refractivity contribution in [3.8, 4) is 5.69 Å². The monoisotopic (exact) mass is 431 g/mol. The third kappa shape index (κ3) is 3.78. The van der Waals surface area contributed by atoms with Crippen LogP contribution in [0.15, 0.2) is 55.0 Å². The molecule has 1 aliphatic rings. The lowest BCUT2D eigenvalue weighted by Gasteiger charge is -2.22. The number of aromatic nitrogens is 4. The van der Waals surface area contributed by atoms with Crippen LogP contribution in [0.1, 0.15) is 12.0 Å². The van der Waals surface area contributed by atoms with E-state index in [0.717, 1.165) is 35.4 Å². The quantitative estimate of drug-likeness (QED) is 0.512. The Kier molecular flexibility index (Phi) is 5.22. The molecule has 0 aliphatic carbocycles. The van der Waals surface area contributed by atoms with Gasteiger partial charge in [-0.1, -0.05) is 0 Å². The van der Waals surface area contributed by atoms with E-state index < -0.39 is 0 Å². The van der Waals surface area contributed by atoms with Gasteiger partial charge in [0.2, 0.25) is 0 Å². The Balaban J connectivity index is 1.41. The zero-order valence-corrected chi connectivity index (χ0v) is 18.5. The Morgan fingerprint density at radius 3 is 2.56 bits per heavy atom. The summed E-state index contributed by atoms with van der Waals surface area (Å²) in [7, 11) is 4.28. The van der Waals surface area contributed by atoms with Crippen LogP contribution in [-0.4, -0.2) is 57.9 Å². The third-order valence-electron chi connectivity index (χ3n) is 6.16. The van der Waals surface area contributed by atoms with Crippen LogP contribution in [0, 0.1) is 12.7 Å². The highest BCUT2D eigenvalue weighted by Crippen LogP contribution is 2.28. The smallest absolute Gasteiger partial charge is 0.168 e. The normalized spacial score (nSPS) is 16.3. The Morgan fingerprint density at radius 1 is 1.06 bits per heavy atom. The highest BCUT2D eigenvalue weighted by atomic mass is 19.1. The van der Waals surface area contributed by atoms with Crippen molar-refractivity contribution in [3.05, 3.63) is 66.4 Å². The number of hydrogen-bond acceptors (Lipinski definition) is 6. The lowest BCUT2D eigenvalue weighted by atomic mass is 10.2. The molecule has 0 saturated carbocycles. The molecule has 3 heterocycles.